The number of carbonyl (C=O) groups excluding carboxylic acids is 2. The van der Waals surface area contributed by atoms with Crippen LogP contribution in [0.3, 0.4) is 0 Å². The van der Waals surface area contributed by atoms with Crippen molar-refractivity contribution in [2.75, 3.05) is 37.6 Å². The third-order valence-electron chi connectivity index (χ3n) is 5.41. The number of amides is 2. The Hall–Kier alpha value is -2.62. The Balaban J connectivity index is 1.38. The van der Waals surface area contributed by atoms with Gasteiger partial charge in [-0.05, 0) is 44.2 Å². The lowest BCUT2D eigenvalue weighted by Crippen LogP contribution is -2.42. The maximum atomic E-state index is 12.4. The normalized spacial score (nSPS) is 18.0. The van der Waals surface area contributed by atoms with Crippen LogP contribution >= 0.6 is 0 Å². The Morgan fingerprint density at radius 3 is 2.52 bits per heavy atom. The highest BCUT2D eigenvalue weighted by Crippen LogP contribution is 2.22. The molecule has 0 spiro atoms. The summed E-state index contributed by atoms with van der Waals surface area (Å²) >= 11 is 0. The maximum absolute atomic E-state index is 12.4. The summed E-state index contributed by atoms with van der Waals surface area (Å²) in [5.74, 6) is 1.04. The van der Waals surface area contributed by atoms with E-state index < -0.39 is 0 Å². The SMILES string of the molecule is N#Cc1ccc(N2CCC(C(=O)NCCC(=O)N3CCCCC3)CC2)nc1. The topological polar surface area (TPSA) is 89.3 Å². The van der Waals surface area contributed by atoms with Crippen molar-refractivity contribution >= 4 is 17.6 Å². The first-order valence-corrected chi connectivity index (χ1v) is 9.84. The van der Waals surface area contributed by atoms with Gasteiger partial charge in [0.05, 0.1) is 5.56 Å². The van der Waals surface area contributed by atoms with E-state index in [2.05, 4.69) is 21.3 Å². The number of pyridine rings is 1. The van der Waals surface area contributed by atoms with Crippen LogP contribution in [0.5, 0.6) is 0 Å². The van der Waals surface area contributed by atoms with E-state index in [1.165, 1.54) is 6.42 Å². The molecule has 1 aromatic heterocycles. The highest BCUT2D eigenvalue weighted by molar-refractivity contribution is 5.80. The maximum Gasteiger partial charge on any atom is 0.224 e. The van der Waals surface area contributed by atoms with E-state index in [-0.39, 0.29) is 17.7 Å². The van der Waals surface area contributed by atoms with Gasteiger partial charge >= 0.3 is 0 Å². The van der Waals surface area contributed by atoms with Gasteiger partial charge < -0.3 is 15.1 Å². The molecule has 2 fully saturated rings. The highest BCUT2D eigenvalue weighted by Gasteiger charge is 2.25. The van der Waals surface area contributed by atoms with Crippen molar-refractivity contribution in [2.45, 2.75) is 38.5 Å². The van der Waals surface area contributed by atoms with Crippen LogP contribution in [-0.2, 0) is 9.59 Å². The zero-order valence-corrected chi connectivity index (χ0v) is 15.7. The molecule has 0 aliphatic carbocycles. The average Bonchev–Trinajstić information content (AvgIpc) is 2.74. The number of nitrogens with zero attached hydrogens (tertiary/aromatic N) is 4. The number of nitrogens with one attached hydrogen (secondary N) is 1. The molecule has 3 heterocycles. The van der Waals surface area contributed by atoms with Crippen molar-refractivity contribution in [1.82, 2.24) is 15.2 Å². The molecule has 0 unspecified atom stereocenters. The summed E-state index contributed by atoms with van der Waals surface area (Å²) in [6, 6.07) is 5.68. The van der Waals surface area contributed by atoms with E-state index >= 15 is 0 Å². The number of hydrogen-bond acceptors (Lipinski definition) is 5. The van der Waals surface area contributed by atoms with Crippen molar-refractivity contribution < 1.29 is 9.59 Å². The molecule has 0 radical (unpaired) electrons. The van der Waals surface area contributed by atoms with E-state index in [1.54, 1.807) is 12.3 Å². The summed E-state index contributed by atoms with van der Waals surface area (Å²) in [6.07, 6.45) is 6.89. The molecule has 1 N–H and O–H groups in total. The van der Waals surface area contributed by atoms with Gasteiger partial charge in [0.15, 0.2) is 0 Å². The molecule has 0 atom stereocenters. The van der Waals surface area contributed by atoms with Gasteiger partial charge in [-0.2, -0.15) is 5.26 Å². The number of hydrogen-bond donors (Lipinski definition) is 1. The van der Waals surface area contributed by atoms with E-state index in [0.29, 0.717) is 18.5 Å². The van der Waals surface area contributed by atoms with Crippen molar-refractivity contribution in [3.8, 4) is 6.07 Å². The summed E-state index contributed by atoms with van der Waals surface area (Å²) in [6.45, 7) is 3.67. The van der Waals surface area contributed by atoms with Crippen LogP contribution in [-0.4, -0.2) is 54.4 Å². The Morgan fingerprint density at radius 1 is 1.15 bits per heavy atom. The molecule has 7 nitrogen and oxygen atoms in total. The van der Waals surface area contributed by atoms with Gasteiger partial charge in [0, 0.05) is 51.3 Å². The lowest BCUT2D eigenvalue weighted by Gasteiger charge is -2.32. The minimum atomic E-state index is -0.00952. The van der Waals surface area contributed by atoms with Gasteiger partial charge in [0.2, 0.25) is 11.8 Å². The second-order valence-electron chi connectivity index (χ2n) is 7.26. The fraction of sp³-hybridized carbons (Fsp3) is 0.600. The standard InChI is InChI=1S/C20H27N5O2/c21-14-16-4-5-18(23-15-16)24-12-7-17(8-13-24)20(27)22-9-6-19(26)25-10-2-1-3-11-25/h4-5,15,17H,1-3,6-13H2,(H,22,27). The van der Waals surface area contributed by atoms with Crippen molar-refractivity contribution in [3.63, 3.8) is 0 Å². The lowest BCUT2D eigenvalue weighted by molar-refractivity contribution is -0.132. The highest BCUT2D eigenvalue weighted by atomic mass is 16.2. The first kappa shape index (κ1) is 19.2. The fourth-order valence-electron chi connectivity index (χ4n) is 3.75. The van der Waals surface area contributed by atoms with Crippen LogP contribution in [0.2, 0.25) is 0 Å². The van der Waals surface area contributed by atoms with Crippen LogP contribution < -0.4 is 10.2 Å². The summed E-state index contributed by atoms with van der Waals surface area (Å²) in [5.41, 5.74) is 0.548. The van der Waals surface area contributed by atoms with Gasteiger partial charge in [0.25, 0.3) is 0 Å². The van der Waals surface area contributed by atoms with E-state index in [0.717, 1.165) is 57.7 Å². The lowest BCUT2D eigenvalue weighted by atomic mass is 9.96. The molecule has 144 valence electrons. The second-order valence-corrected chi connectivity index (χ2v) is 7.26. The van der Waals surface area contributed by atoms with Crippen LogP contribution in [0.25, 0.3) is 0 Å². The zero-order chi connectivity index (χ0) is 19.1. The Kier molecular flexibility index (Phi) is 6.64. The summed E-state index contributed by atoms with van der Waals surface area (Å²) in [7, 11) is 0. The number of likely N-dealkylation sites (tertiary alicyclic amines) is 1. The predicted octanol–water partition coefficient (Wildman–Crippen LogP) is 1.69. The Labute approximate surface area is 160 Å². The molecule has 2 saturated heterocycles. The number of anilines is 1. The Morgan fingerprint density at radius 2 is 1.89 bits per heavy atom. The molecular weight excluding hydrogens is 342 g/mol. The van der Waals surface area contributed by atoms with Crippen LogP contribution in [0.1, 0.15) is 44.1 Å². The van der Waals surface area contributed by atoms with Crippen LogP contribution in [0, 0.1) is 17.2 Å². The number of rotatable bonds is 5. The molecule has 1 aromatic rings. The minimum absolute atomic E-state index is 0.00952. The minimum Gasteiger partial charge on any atom is -0.357 e. The van der Waals surface area contributed by atoms with Crippen molar-refractivity contribution in [1.29, 1.82) is 5.26 Å². The first-order chi connectivity index (χ1) is 13.2. The summed E-state index contributed by atoms with van der Waals surface area (Å²) in [5, 5.41) is 11.8. The fourth-order valence-corrected chi connectivity index (χ4v) is 3.75. The Bertz CT molecular complexity index is 683. The molecule has 0 bridgehead atoms. The van der Waals surface area contributed by atoms with E-state index in [4.69, 9.17) is 5.26 Å². The van der Waals surface area contributed by atoms with E-state index in [9.17, 15) is 9.59 Å². The third-order valence-corrected chi connectivity index (χ3v) is 5.41. The zero-order valence-electron chi connectivity index (χ0n) is 15.7. The second kappa shape index (κ2) is 9.36. The molecule has 0 aromatic carbocycles. The summed E-state index contributed by atoms with van der Waals surface area (Å²) < 4.78 is 0. The average molecular weight is 369 g/mol. The number of nitriles is 1. The molecular formula is C20H27N5O2. The number of aromatic nitrogens is 1. The number of piperidine rings is 2. The smallest absolute Gasteiger partial charge is 0.224 e. The predicted molar refractivity (Wildman–Crippen MR) is 102 cm³/mol. The summed E-state index contributed by atoms with van der Waals surface area (Å²) in [4.78, 5) is 32.9. The van der Waals surface area contributed by atoms with Gasteiger partial charge in [0.1, 0.15) is 11.9 Å². The first-order valence-electron chi connectivity index (χ1n) is 9.84. The van der Waals surface area contributed by atoms with Crippen molar-refractivity contribution in [3.05, 3.63) is 23.9 Å². The van der Waals surface area contributed by atoms with Crippen LogP contribution in [0.15, 0.2) is 18.3 Å². The van der Waals surface area contributed by atoms with Gasteiger partial charge in [-0.15, -0.1) is 0 Å². The molecule has 27 heavy (non-hydrogen) atoms. The molecule has 7 heteroatoms. The van der Waals surface area contributed by atoms with Gasteiger partial charge in [-0.3, -0.25) is 9.59 Å². The molecule has 3 rings (SSSR count). The molecule has 2 aliphatic rings. The quantitative estimate of drug-likeness (QED) is 0.853. The molecule has 2 aliphatic heterocycles. The molecule has 0 saturated carbocycles. The molecule has 2 amide bonds. The number of carbonyl (C=O) groups is 2. The van der Waals surface area contributed by atoms with Gasteiger partial charge in [-0.25, -0.2) is 4.98 Å². The van der Waals surface area contributed by atoms with Crippen molar-refractivity contribution in [2.24, 2.45) is 5.92 Å². The monoisotopic (exact) mass is 369 g/mol. The van der Waals surface area contributed by atoms with Gasteiger partial charge in [-0.1, -0.05) is 0 Å². The largest absolute Gasteiger partial charge is 0.357 e. The third kappa shape index (κ3) is 5.19. The van der Waals surface area contributed by atoms with E-state index in [1.807, 2.05) is 11.0 Å². The van der Waals surface area contributed by atoms with Crippen LogP contribution in [0.4, 0.5) is 5.82 Å².